The Morgan fingerprint density at radius 3 is 2.65 bits per heavy atom. The van der Waals surface area contributed by atoms with Crippen LogP contribution < -0.4 is 5.32 Å². The van der Waals surface area contributed by atoms with Crippen molar-refractivity contribution in [3.05, 3.63) is 24.3 Å². The van der Waals surface area contributed by atoms with E-state index >= 15 is 0 Å². The molecule has 0 unspecified atom stereocenters. The summed E-state index contributed by atoms with van der Waals surface area (Å²) < 4.78 is 5.03. The van der Waals surface area contributed by atoms with Gasteiger partial charge in [-0.2, -0.15) is 0 Å². The van der Waals surface area contributed by atoms with Gasteiger partial charge in [-0.05, 0) is 26.0 Å². The molecule has 0 aliphatic rings. The summed E-state index contributed by atoms with van der Waals surface area (Å²) in [5.74, 6) is -0.376. The van der Waals surface area contributed by atoms with Gasteiger partial charge in [-0.1, -0.05) is 12.1 Å². The summed E-state index contributed by atoms with van der Waals surface area (Å²) in [4.78, 5) is 11.4. The monoisotopic (exact) mass is 239 g/mol. The van der Waals surface area contributed by atoms with Crippen LogP contribution in [-0.4, -0.2) is 34.9 Å². The van der Waals surface area contributed by atoms with Gasteiger partial charge in [0.25, 0.3) is 0 Å². The van der Waals surface area contributed by atoms with Crippen LogP contribution in [0.25, 0.3) is 0 Å². The molecule has 1 amide bonds. The highest BCUT2D eigenvalue weighted by Crippen LogP contribution is 2.21. The van der Waals surface area contributed by atoms with Crippen molar-refractivity contribution in [1.29, 1.82) is 0 Å². The third-order valence-corrected chi connectivity index (χ3v) is 1.87. The fraction of sp³-hybridized carbons (Fsp3) is 0.417. The van der Waals surface area contributed by atoms with Crippen molar-refractivity contribution in [3.63, 3.8) is 0 Å². The zero-order valence-corrected chi connectivity index (χ0v) is 9.93. The van der Waals surface area contributed by atoms with E-state index in [4.69, 9.17) is 4.74 Å². The largest absolute Gasteiger partial charge is 0.506 e. The van der Waals surface area contributed by atoms with Gasteiger partial charge in [-0.15, -0.1) is 0 Å². The van der Waals surface area contributed by atoms with Crippen LogP contribution in [0.15, 0.2) is 24.3 Å². The zero-order chi connectivity index (χ0) is 12.9. The second-order valence-electron chi connectivity index (χ2n) is 4.37. The van der Waals surface area contributed by atoms with Gasteiger partial charge in [0, 0.05) is 0 Å². The van der Waals surface area contributed by atoms with Crippen molar-refractivity contribution >= 4 is 11.6 Å². The Hall–Kier alpha value is -1.59. The Balaban J connectivity index is 2.38. The molecule has 5 nitrogen and oxygen atoms in total. The van der Waals surface area contributed by atoms with E-state index in [0.29, 0.717) is 5.69 Å². The van der Waals surface area contributed by atoms with Crippen LogP contribution in [0, 0.1) is 0 Å². The Labute approximate surface area is 100 Å². The van der Waals surface area contributed by atoms with Gasteiger partial charge in [-0.25, -0.2) is 0 Å². The van der Waals surface area contributed by atoms with Gasteiger partial charge in [0.1, 0.15) is 12.4 Å². The molecule has 0 fully saturated rings. The minimum absolute atomic E-state index is 0.00309. The summed E-state index contributed by atoms with van der Waals surface area (Å²) in [7, 11) is 0. The lowest BCUT2D eigenvalue weighted by molar-refractivity contribution is -0.122. The van der Waals surface area contributed by atoms with Gasteiger partial charge in [-0.3, -0.25) is 4.79 Å². The second-order valence-corrected chi connectivity index (χ2v) is 4.37. The molecule has 0 spiro atoms. The van der Waals surface area contributed by atoms with E-state index in [0.717, 1.165) is 0 Å². The lowest BCUT2D eigenvalue weighted by atomic mass is 10.2. The van der Waals surface area contributed by atoms with Crippen LogP contribution in [0.5, 0.6) is 5.75 Å². The summed E-state index contributed by atoms with van der Waals surface area (Å²) in [5.41, 5.74) is -0.626. The summed E-state index contributed by atoms with van der Waals surface area (Å²) in [5, 5.41) is 21.3. The fourth-order valence-electron chi connectivity index (χ4n) is 1.16. The number of anilines is 1. The van der Waals surface area contributed by atoms with E-state index in [-0.39, 0.29) is 24.9 Å². The molecular formula is C12H17NO4. The smallest absolute Gasteiger partial charge is 0.250 e. The second kappa shape index (κ2) is 5.65. The molecule has 1 aromatic carbocycles. The van der Waals surface area contributed by atoms with E-state index in [2.05, 4.69) is 5.32 Å². The standard InChI is InChI=1S/C12H17NO4/c1-12(2,16)8-17-7-11(15)13-9-5-3-4-6-10(9)14/h3-6,14,16H,7-8H2,1-2H3,(H,13,15). The highest BCUT2D eigenvalue weighted by molar-refractivity contribution is 5.93. The maximum absolute atomic E-state index is 11.4. The maximum Gasteiger partial charge on any atom is 0.250 e. The first-order valence-electron chi connectivity index (χ1n) is 5.26. The van der Waals surface area contributed by atoms with Crippen LogP contribution in [0.1, 0.15) is 13.8 Å². The van der Waals surface area contributed by atoms with Crippen molar-refractivity contribution in [2.75, 3.05) is 18.5 Å². The fourth-order valence-corrected chi connectivity index (χ4v) is 1.16. The highest BCUT2D eigenvalue weighted by atomic mass is 16.5. The van der Waals surface area contributed by atoms with Gasteiger partial charge in [0.15, 0.2) is 0 Å². The molecule has 17 heavy (non-hydrogen) atoms. The molecule has 0 aliphatic heterocycles. The number of phenols is 1. The lowest BCUT2D eigenvalue weighted by Gasteiger charge is -2.16. The predicted octanol–water partition coefficient (Wildman–Crippen LogP) is 1.12. The molecule has 0 saturated heterocycles. The van der Waals surface area contributed by atoms with Gasteiger partial charge in [0.05, 0.1) is 17.9 Å². The van der Waals surface area contributed by atoms with Crippen molar-refractivity contribution in [3.8, 4) is 5.75 Å². The van der Waals surface area contributed by atoms with E-state index in [1.807, 2.05) is 0 Å². The number of aromatic hydroxyl groups is 1. The first-order valence-corrected chi connectivity index (χ1v) is 5.26. The SMILES string of the molecule is CC(C)(O)COCC(=O)Nc1ccccc1O. The number of rotatable bonds is 5. The van der Waals surface area contributed by atoms with E-state index < -0.39 is 5.60 Å². The number of carbonyl (C=O) groups excluding carboxylic acids is 1. The highest BCUT2D eigenvalue weighted by Gasteiger charge is 2.13. The molecule has 5 heteroatoms. The third-order valence-electron chi connectivity index (χ3n) is 1.87. The molecule has 1 aromatic rings. The van der Waals surface area contributed by atoms with Crippen LogP contribution in [0.3, 0.4) is 0 Å². The van der Waals surface area contributed by atoms with Crippen LogP contribution in [0.4, 0.5) is 5.69 Å². The number of nitrogens with one attached hydrogen (secondary N) is 1. The molecule has 1 rings (SSSR count). The average Bonchev–Trinajstić information content (AvgIpc) is 2.19. The minimum atomic E-state index is -0.963. The first-order chi connectivity index (χ1) is 7.88. The molecule has 0 radical (unpaired) electrons. The van der Waals surface area contributed by atoms with Crippen LogP contribution in [-0.2, 0) is 9.53 Å². The number of hydrogen-bond donors (Lipinski definition) is 3. The Morgan fingerprint density at radius 2 is 2.06 bits per heavy atom. The number of aliphatic hydroxyl groups is 1. The Morgan fingerprint density at radius 1 is 1.41 bits per heavy atom. The number of ether oxygens (including phenoxy) is 1. The summed E-state index contributed by atoms with van der Waals surface area (Å²) in [6.07, 6.45) is 0. The number of hydrogen-bond acceptors (Lipinski definition) is 4. The van der Waals surface area contributed by atoms with E-state index in [1.54, 1.807) is 32.0 Å². The van der Waals surface area contributed by atoms with Gasteiger partial charge >= 0.3 is 0 Å². The number of para-hydroxylation sites is 2. The zero-order valence-electron chi connectivity index (χ0n) is 9.93. The van der Waals surface area contributed by atoms with Crippen molar-refractivity contribution in [1.82, 2.24) is 0 Å². The number of carbonyl (C=O) groups is 1. The maximum atomic E-state index is 11.4. The lowest BCUT2D eigenvalue weighted by Crippen LogP contribution is -2.29. The molecule has 0 bridgehead atoms. The summed E-state index contributed by atoms with van der Waals surface area (Å²) >= 11 is 0. The normalized spacial score (nSPS) is 11.2. The number of phenolic OH excluding ortho intramolecular Hbond substituents is 1. The molecule has 0 saturated carbocycles. The van der Waals surface area contributed by atoms with E-state index in [1.165, 1.54) is 6.07 Å². The molecule has 94 valence electrons. The van der Waals surface area contributed by atoms with Crippen molar-refractivity contribution < 1.29 is 19.7 Å². The number of benzene rings is 1. The minimum Gasteiger partial charge on any atom is -0.506 e. The Kier molecular flexibility index (Phi) is 4.48. The quantitative estimate of drug-likeness (QED) is 0.673. The van der Waals surface area contributed by atoms with Crippen LogP contribution >= 0.6 is 0 Å². The predicted molar refractivity (Wildman–Crippen MR) is 63.9 cm³/mol. The van der Waals surface area contributed by atoms with Crippen LogP contribution in [0.2, 0.25) is 0 Å². The molecular weight excluding hydrogens is 222 g/mol. The molecule has 3 N–H and O–H groups in total. The average molecular weight is 239 g/mol. The van der Waals surface area contributed by atoms with Gasteiger partial charge in [0.2, 0.25) is 5.91 Å². The summed E-state index contributed by atoms with van der Waals surface area (Å²) in [6.45, 7) is 3.08. The van der Waals surface area contributed by atoms with Crippen molar-refractivity contribution in [2.24, 2.45) is 0 Å². The molecule has 0 aliphatic carbocycles. The molecule has 0 aromatic heterocycles. The third kappa shape index (κ3) is 5.33. The Bertz CT molecular complexity index is 384. The molecule has 0 heterocycles. The van der Waals surface area contributed by atoms with E-state index in [9.17, 15) is 15.0 Å². The molecule has 0 atom stereocenters. The topological polar surface area (TPSA) is 78.8 Å². The first kappa shape index (κ1) is 13.5. The van der Waals surface area contributed by atoms with Gasteiger partial charge < -0.3 is 20.3 Å². The van der Waals surface area contributed by atoms with Crippen molar-refractivity contribution in [2.45, 2.75) is 19.4 Å². The number of amides is 1. The summed E-state index contributed by atoms with van der Waals surface area (Å²) in [6, 6.07) is 6.43.